The molecule has 0 atom stereocenters. The van der Waals surface area contributed by atoms with Gasteiger partial charge in [-0.25, -0.2) is 9.50 Å². The fourth-order valence-electron chi connectivity index (χ4n) is 2.06. The minimum atomic E-state index is 0.563. The molecule has 0 aliphatic carbocycles. The normalized spacial score (nSPS) is 11.6. The van der Waals surface area contributed by atoms with Crippen LogP contribution in [0.1, 0.15) is 37.3 Å². The minimum absolute atomic E-state index is 0.563. The highest BCUT2D eigenvalue weighted by Crippen LogP contribution is 2.24. The molecular formula is C15H17N3S. The van der Waals surface area contributed by atoms with Crippen molar-refractivity contribution in [2.75, 3.05) is 0 Å². The van der Waals surface area contributed by atoms with Gasteiger partial charge in [-0.05, 0) is 17.9 Å². The molecule has 3 rings (SSSR count). The van der Waals surface area contributed by atoms with Crippen LogP contribution >= 0.6 is 11.3 Å². The van der Waals surface area contributed by atoms with Crippen LogP contribution in [0, 0.1) is 0 Å². The van der Waals surface area contributed by atoms with E-state index < -0.39 is 0 Å². The quantitative estimate of drug-likeness (QED) is 0.716. The number of aromatic nitrogens is 3. The van der Waals surface area contributed by atoms with Gasteiger partial charge in [0, 0.05) is 5.56 Å². The molecule has 98 valence electrons. The molecule has 3 nitrogen and oxygen atoms in total. The molecule has 0 radical (unpaired) electrons. The molecule has 2 aromatic heterocycles. The van der Waals surface area contributed by atoms with Gasteiger partial charge in [0.05, 0.1) is 11.9 Å². The van der Waals surface area contributed by atoms with Gasteiger partial charge in [-0.2, -0.15) is 5.10 Å². The molecule has 0 aliphatic rings. The average Bonchev–Trinajstić information content (AvgIpc) is 2.96. The van der Waals surface area contributed by atoms with Gasteiger partial charge in [0.1, 0.15) is 5.01 Å². The van der Waals surface area contributed by atoms with E-state index in [0.717, 1.165) is 27.6 Å². The second-order valence-electron chi connectivity index (χ2n) is 4.98. The zero-order valence-electron chi connectivity index (χ0n) is 11.4. The molecule has 4 heteroatoms. The van der Waals surface area contributed by atoms with Crippen LogP contribution in [-0.2, 0) is 6.42 Å². The summed E-state index contributed by atoms with van der Waals surface area (Å²) in [7, 11) is 0. The van der Waals surface area contributed by atoms with E-state index in [0.29, 0.717) is 5.92 Å². The average molecular weight is 271 g/mol. The molecule has 0 fully saturated rings. The van der Waals surface area contributed by atoms with Crippen LogP contribution in [0.5, 0.6) is 0 Å². The first-order chi connectivity index (χ1) is 9.17. The molecule has 1 aromatic carbocycles. The molecule has 0 bridgehead atoms. The van der Waals surface area contributed by atoms with Crippen molar-refractivity contribution in [2.45, 2.75) is 33.1 Å². The lowest BCUT2D eigenvalue weighted by Crippen LogP contribution is -1.87. The van der Waals surface area contributed by atoms with Crippen molar-refractivity contribution in [2.24, 2.45) is 0 Å². The van der Waals surface area contributed by atoms with Crippen molar-refractivity contribution in [1.82, 2.24) is 14.6 Å². The molecule has 3 aromatic rings. The van der Waals surface area contributed by atoms with Gasteiger partial charge in [-0.3, -0.25) is 0 Å². The van der Waals surface area contributed by atoms with E-state index in [-0.39, 0.29) is 0 Å². The van der Waals surface area contributed by atoms with Crippen molar-refractivity contribution in [3.63, 3.8) is 0 Å². The second kappa shape index (κ2) is 4.78. The fourth-order valence-corrected chi connectivity index (χ4v) is 2.88. The van der Waals surface area contributed by atoms with Gasteiger partial charge in [-0.15, -0.1) is 0 Å². The highest BCUT2D eigenvalue weighted by molar-refractivity contribution is 7.16. The Hall–Kier alpha value is -1.68. The molecule has 0 amide bonds. The lowest BCUT2D eigenvalue weighted by atomic mass is 10.0. The predicted octanol–water partition coefficient (Wildman–Crippen LogP) is 4.14. The molecule has 2 heterocycles. The first kappa shape index (κ1) is 12.4. The van der Waals surface area contributed by atoms with Crippen molar-refractivity contribution < 1.29 is 0 Å². The zero-order chi connectivity index (χ0) is 13.4. The molecule has 0 N–H and O–H groups in total. The van der Waals surface area contributed by atoms with E-state index in [1.165, 1.54) is 5.56 Å². The molecule has 19 heavy (non-hydrogen) atoms. The Bertz CT molecular complexity index is 660. The summed E-state index contributed by atoms with van der Waals surface area (Å²) >= 11 is 1.66. The maximum Gasteiger partial charge on any atom is 0.212 e. The number of rotatable bonds is 3. The van der Waals surface area contributed by atoms with Crippen molar-refractivity contribution in [1.29, 1.82) is 0 Å². The summed E-state index contributed by atoms with van der Waals surface area (Å²) in [6.45, 7) is 6.53. The fraction of sp³-hybridized carbons (Fsp3) is 0.333. The maximum absolute atomic E-state index is 4.65. The number of nitrogens with zero attached hydrogens (tertiary/aromatic N) is 3. The van der Waals surface area contributed by atoms with Crippen molar-refractivity contribution >= 4 is 16.3 Å². The van der Waals surface area contributed by atoms with Crippen molar-refractivity contribution in [3.05, 3.63) is 41.0 Å². The maximum atomic E-state index is 4.65. The predicted molar refractivity (Wildman–Crippen MR) is 79.8 cm³/mol. The highest BCUT2D eigenvalue weighted by atomic mass is 32.1. The minimum Gasteiger partial charge on any atom is -0.217 e. The Kier molecular flexibility index (Phi) is 3.11. The summed E-state index contributed by atoms with van der Waals surface area (Å²) in [5.41, 5.74) is 3.51. The van der Waals surface area contributed by atoms with E-state index in [1.807, 2.05) is 10.7 Å². The number of aryl methyl sites for hydroxylation is 1. The monoisotopic (exact) mass is 271 g/mol. The molecule has 0 aliphatic heterocycles. The Morgan fingerprint density at radius 1 is 1.21 bits per heavy atom. The van der Waals surface area contributed by atoms with E-state index >= 15 is 0 Å². The molecule has 0 saturated heterocycles. The summed E-state index contributed by atoms with van der Waals surface area (Å²) in [5, 5.41) is 5.62. The highest BCUT2D eigenvalue weighted by Gasteiger charge is 2.09. The Morgan fingerprint density at radius 2 is 1.95 bits per heavy atom. The molecule has 0 unspecified atom stereocenters. The van der Waals surface area contributed by atoms with Crippen LogP contribution < -0.4 is 0 Å². The van der Waals surface area contributed by atoms with E-state index in [2.05, 4.69) is 55.1 Å². The van der Waals surface area contributed by atoms with Gasteiger partial charge in [0.15, 0.2) is 0 Å². The largest absolute Gasteiger partial charge is 0.217 e. The summed E-state index contributed by atoms with van der Waals surface area (Å²) in [4.78, 5) is 5.62. The lowest BCUT2D eigenvalue weighted by molar-refractivity contribution is 0.867. The van der Waals surface area contributed by atoms with Crippen LogP contribution in [0.2, 0.25) is 0 Å². The third kappa shape index (κ3) is 2.28. The lowest BCUT2D eigenvalue weighted by Gasteiger charge is -2.05. The zero-order valence-corrected chi connectivity index (χ0v) is 12.2. The van der Waals surface area contributed by atoms with Gasteiger partial charge >= 0.3 is 0 Å². The van der Waals surface area contributed by atoms with Gasteiger partial charge in [0.2, 0.25) is 4.96 Å². The van der Waals surface area contributed by atoms with E-state index in [1.54, 1.807) is 11.3 Å². The van der Waals surface area contributed by atoms with E-state index in [4.69, 9.17) is 0 Å². The molecule has 0 saturated carbocycles. The van der Waals surface area contributed by atoms with Crippen LogP contribution in [0.3, 0.4) is 0 Å². The summed E-state index contributed by atoms with van der Waals surface area (Å²) in [6.07, 6.45) is 2.97. The number of hydrogen-bond acceptors (Lipinski definition) is 3. The topological polar surface area (TPSA) is 30.2 Å². The number of hydrogen-bond donors (Lipinski definition) is 0. The van der Waals surface area contributed by atoms with Gasteiger partial charge in [0.25, 0.3) is 0 Å². The van der Waals surface area contributed by atoms with Gasteiger partial charge < -0.3 is 0 Å². The standard InChI is InChI=1S/C15H17N3S/c1-4-14-17-18-9-13(16-15(18)19-14)12-7-5-11(6-8-12)10(2)3/h5-10H,4H2,1-3H3. The summed E-state index contributed by atoms with van der Waals surface area (Å²) in [5.74, 6) is 0.563. The van der Waals surface area contributed by atoms with Crippen LogP contribution in [0.4, 0.5) is 0 Å². The Labute approximate surface area is 116 Å². The Morgan fingerprint density at radius 3 is 2.53 bits per heavy atom. The number of benzene rings is 1. The Balaban J connectivity index is 1.96. The first-order valence-corrected chi connectivity index (χ1v) is 7.44. The smallest absolute Gasteiger partial charge is 0.212 e. The van der Waals surface area contributed by atoms with Crippen LogP contribution in [-0.4, -0.2) is 14.6 Å². The molecule has 0 spiro atoms. The number of fused-ring (bicyclic) bond motifs is 1. The SMILES string of the molecule is CCc1nn2cc(-c3ccc(C(C)C)cc3)nc2s1. The molecular weight excluding hydrogens is 254 g/mol. The van der Waals surface area contributed by atoms with Crippen LogP contribution in [0.25, 0.3) is 16.2 Å². The summed E-state index contributed by atoms with van der Waals surface area (Å²) < 4.78 is 1.88. The summed E-state index contributed by atoms with van der Waals surface area (Å²) in [6, 6.07) is 8.64. The third-order valence-electron chi connectivity index (χ3n) is 3.26. The van der Waals surface area contributed by atoms with Crippen molar-refractivity contribution in [3.8, 4) is 11.3 Å². The van der Waals surface area contributed by atoms with Crippen LogP contribution in [0.15, 0.2) is 30.5 Å². The third-order valence-corrected chi connectivity index (χ3v) is 4.33. The first-order valence-electron chi connectivity index (χ1n) is 6.62. The number of imidazole rings is 1. The second-order valence-corrected chi connectivity index (χ2v) is 6.02. The van der Waals surface area contributed by atoms with Gasteiger partial charge in [-0.1, -0.05) is 56.4 Å². The van der Waals surface area contributed by atoms with E-state index in [9.17, 15) is 0 Å².